The lowest BCUT2D eigenvalue weighted by Crippen LogP contribution is -2.33. The number of anilines is 1. The number of nitrogens with one attached hydrogen (secondary N) is 1. The Bertz CT molecular complexity index is 609. The van der Waals surface area contributed by atoms with Gasteiger partial charge in [-0.2, -0.15) is 0 Å². The van der Waals surface area contributed by atoms with E-state index in [0.717, 1.165) is 50.9 Å². The lowest BCUT2D eigenvalue weighted by atomic mass is 9.87. The average molecular weight is 360 g/mol. The molecule has 3 N–H and O–H groups in total. The number of rotatable bonds is 9. The fourth-order valence-electron chi connectivity index (χ4n) is 3.71. The van der Waals surface area contributed by atoms with Gasteiger partial charge < -0.3 is 16.0 Å². The predicted octanol–water partition coefficient (Wildman–Crippen LogP) is 3.58. The van der Waals surface area contributed by atoms with E-state index in [1.807, 2.05) is 23.1 Å². The monoisotopic (exact) mass is 359 g/mol. The molecule has 0 aliphatic heterocycles. The summed E-state index contributed by atoms with van der Waals surface area (Å²) in [4.78, 5) is 26.5. The summed E-state index contributed by atoms with van der Waals surface area (Å²) in [6.07, 6.45) is 6.44. The maximum atomic E-state index is 12.3. The first kappa shape index (κ1) is 20.3. The second-order valence-electron chi connectivity index (χ2n) is 7.20. The van der Waals surface area contributed by atoms with Crippen LogP contribution in [0.3, 0.4) is 0 Å². The van der Waals surface area contributed by atoms with Crippen LogP contribution in [0.15, 0.2) is 18.2 Å². The normalized spacial score (nSPS) is 16.0. The molecule has 0 saturated carbocycles. The number of fused-ring (bicyclic) bond motifs is 1. The van der Waals surface area contributed by atoms with Crippen molar-refractivity contribution < 1.29 is 9.59 Å². The van der Waals surface area contributed by atoms with Crippen molar-refractivity contribution in [3.05, 3.63) is 29.3 Å². The molecule has 1 unspecified atom stereocenters. The molecule has 1 atom stereocenters. The molecule has 0 fully saturated rings. The Morgan fingerprint density at radius 1 is 1.19 bits per heavy atom. The summed E-state index contributed by atoms with van der Waals surface area (Å²) in [5, 5.41) is 3.14. The first-order valence-electron chi connectivity index (χ1n) is 10.0. The predicted molar refractivity (Wildman–Crippen MR) is 106 cm³/mol. The third-order valence-electron chi connectivity index (χ3n) is 4.95. The topological polar surface area (TPSA) is 75.4 Å². The number of nitrogens with zero attached hydrogens (tertiary/aromatic N) is 1. The van der Waals surface area contributed by atoms with Crippen molar-refractivity contribution in [3.63, 3.8) is 0 Å². The van der Waals surface area contributed by atoms with Gasteiger partial charge in [0, 0.05) is 31.6 Å². The molecule has 0 spiro atoms. The van der Waals surface area contributed by atoms with Crippen molar-refractivity contribution in [1.82, 2.24) is 10.2 Å². The lowest BCUT2D eigenvalue weighted by Gasteiger charge is -2.27. The van der Waals surface area contributed by atoms with Crippen molar-refractivity contribution in [1.29, 1.82) is 0 Å². The lowest BCUT2D eigenvalue weighted by molar-refractivity contribution is -0.131. The van der Waals surface area contributed by atoms with E-state index in [0.29, 0.717) is 19.3 Å². The van der Waals surface area contributed by atoms with Crippen LogP contribution in [-0.4, -0.2) is 29.8 Å². The van der Waals surface area contributed by atoms with Gasteiger partial charge in [0.2, 0.25) is 11.8 Å². The van der Waals surface area contributed by atoms with Gasteiger partial charge >= 0.3 is 0 Å². The fourth-order valence-corrected chi connectivity index (χ4v) is 3.71. The van der Waals surface area contributed by atoms with E-state index in [-0.39, 0.29) is 17.9 Å². The molecular formula is C21H33N3O2. The number of amides is 2. The van der Waals surface area contributed by atoms with E-state index in [1.165, 1.54) is 11.1 Å². The summed E-state index contributed by atoms with van der Waals surface area (Å²) < 4.78 is 0. The third kappa shape index (κ3) is 5.75. The number of carbonyl (C=O) groups is 2. The summed E-state index contributed by atoms with van der Waals surface area (Å²) in [5.74, 6) is 0.199. The molecule has 26 heavy (non-hydrogen) atoms. The highest BCUT2D eigenvalue weighted by Gasteiger charge is 2.22. The average Bonchev–Trinajstić information content (AvgIpc) is 2.61. The Morgan fingerprint density at radius 3 is 2.62 bits per heavy atom. The highest BCUT2D eigenvalue weighted by molar-refractivity contribution is 5.79. The highest BCUT2D eigenvalue weighted by Crippen LogP contribution is 2.31. The van der Waals surface area contributed by atoms with Crippen molar-refractivity contribution in [2.45, 2.75) is 71.3 Å². The molecule has 0 aromatic heterocycles. The number of nitrogens with two attached hydrogens (primary N) is 1. The minimum atomic E-state index is 0.0324. The Kier molecular flexibility index (Phi) is 7.95. The van der Waals surface area contributed by atoms with Crippen LogP contribution in [0.2, 0.25) is 0 Å². The number of hydrogen-bond donors (Lipinski definition) is 2. The van der Waals surface area contributed by atoms with Crippen LogP contribution in [0.25, 0.3) is 0 Å². The Labute approximate surface area is 157 Å². The van der Waals surface area contributed by atoms with Crippen LogP contribution in [0.1, 0.15) is 76.0 Å². The number of benzene rings is 1. The van der Waals surface area contributed by atoms with Crippen LogP contribution in [-0.2, 0) is 16.0 Å². The van der Waals surface area contributed by atoms with Gasteiger partial charge in [-0.3, -0.25) is 9.59 Å². The van der Waals surface area contributed by atoms with Gasteiger partial charge in [0.05, 0.1) is 6.04 Å². The van der Waals surface area contributed by atoms with Crippen molar-refractivity contribution in [2.24, 2.45) is 0 Å². The van der Waals surface area contributed by atoms with Gasteiger partial charge in [-0.05, 0) is 61.8 Å². The quantitative estimate of drug-likeness (QED) is 0.662. The summed E-state index contributed by atoms with van der Waals surface area (Å²) in [6.45, 7) is 5.78. The third-order valence-corrected chi connectivity index (χ3v) is 4.95. The van der Waals surface area contributed by atoms with Gasteiger partial charge in [-0.25, -0.2) is 0 Å². The molecule has 0 radical (unpaired) electrons. The van der Waals surface area contributed by atoms with Crippen LogP contribution < -0.4 is 11.1 Å². The largest absolute Gasteiger partial charge is 0.399 e. The molecule has 1 aliphatic rings. The van der Waals surface area contributed by atoms with Gasteiger partial charge in [0.25, 0.3) is 0 Å². The Morgan fingerprint density at radius 2 is 1.92 bits per heavy atom. The molecule has 144 valence electrons. The molecule has 1 aliphatic carbocycles. The minimum Gasteiger partial charge on any atom is -0.399 e. The summed E-state index contributed by atoms with van der Waals surface area (Å²) in [5.41, 5.74) is 9.07. The van der Waals surface area contributed by atoms with Crippen LogP contribution in [0.5, 0.6) is 0 Å². The summed E-state index contributed by atoms with van der Waals surface area (Å²) in [7, 11) is 0. The van der Waals surface area contributed by atoms with Crippen molar-refractivity contribution in [3.8, 4) is 0 Å². The second-order valence-corrected chi connectivity index (χ2v) is 7.20. The highest BCUT2D eigenvalue weighted by atomic mass is 16.2. The zero-order valence-electron chi connectivity index (χ0n) is 16.2. The molecule has 0 heterocycles. The number of nitrogen functional groups attached to an aromatic ring is 1. The standard InChI is InChI=1S/C21H33N3O2/c1-3-13-24(14-4-2)21(26)10-6-9-20(25)23-19-8-5-7-16-15-17(22)11-12-18(16)19/h11-12,15,19H,3-10,13-14,22H2,1-2H3,(H,23,25). The van der Waals surface area contributed by atoms with E-state index in [1.54, 1.807) is 0 Å². The van der Waals surface area contributed by atoms with Gasteiger partial charge in [0.15, 0.2) is 0 Å². The molecule has 1 aromatic carbocycles. The minimum absolute atomic E-state index is 0.0324. The molecule has 1 aromatic rings. The molecule has 2 rings (SSSR count). The van der Waals surface area contributed by atoms with Crippen molar-refractivity contribution >= 4 is 17.5 Å². The van der Waals surface area contributed by atoms with E-state index in [9.17, 15) is 9.59 Å². The maximum absolute atomic E-state index is 12.3. The number of carbonyl (C=O) groups excluding carboxylic acids is 2. The number of aryl methyl sites for hydroxylation is 1. The first-order chi connectivity index (χ1) is 12.5. The molecule has 5 heteroatoms. The summed E-state index contributed by atoms with van der Waals surface area (Å²) in [6, 6.07) is 6.02. The molecule has 5 nitrogen and oxygen atoms in total. The van der Waals surface area contributed by atoms with Crippen molar-refractivity contribution in [2.75, 3.05) is 18.8 Å². The molecule has 2 amide bonds. The molecule has 0 bridgehead atoms. The van der Waals surface area contributed by atoms with E-state index < -0.39 is 0 Å². The zero-order valence-corrected chi connectivity index (χ0v) is 16.2. The van der Waals surface area contributed by atoms with Crippen LogP contribution in [0, 0.1) is 0 Å². The van der Waals surface area contributed by atoms with Gasteiger partial charge in [-0.15, -0.1) is 0 Å². The Hall–Kier alpha value is -2.04. The van der Waals surface area contributed by atoms with Gasteiger partial charge in [-0.1, -0.05) is 19.9 Å². The van der Waals surface area contributed by atoms with Crippen LogP contribution >= 0.6 is 0 Å². The fraction of sp³-hybridized carbons (Fsp3) is 0.619. The van der Waals surface area contributed by atoms with E-state index in [4.69, 9.17) is 5.73 Å². The first-order valence-corrected chi connectivity index (χ1v) is 10.0. The zero-order chi connectivity index (χ0) is 18.9. The van der Waals surface area contributed by atoms with E-state index in [2.05, 4.69) is 19.2 Å². The smallest absolute Gasteiger partial charge is 0.222 e. The van der Waals surface area contributed by atoms with Crippen LogP contribution in [0.4, 0.5) is 5.69 Å². The molecular weight excluding hydrogens is 326 g/mol. The SMILES string of the molecule is CCCN(CCC)C(=O)CCCC(=O)NC1CCCc2cc(N)ccc21. The summed E-state index contributed by atoms with van der Waals surface area (Å²) >= 11 is 0. The van der Waals surface area contributed by atoms with E-state index >= 15 is 0 Å². The van der Waals surface area contributed by atoms with Gasteiger partial charge in [0.1, 0.15) is 0 Å². The number of hydrogen-bond acceptors (Lipinski definition) is 3. The maximum Gasteiger partial charge on any atom is 0.222 e. The molecule has 0 saturated heterocycles. The second kappa shape index (κ2) is 10.2. The Balaban J connectivity index is 1.80.